The first-order chi connectivity index (χ1) is 18.9. The van der Waals surface area contributed by atoms with Gasteiger partial charge in [0.05, 0.1) is 35.7 Å². The monoisotopic (exact) mass is 602 g/mol. The largest absolute Gasteiger partial charge is 0.370 e. The molecule has 40 heavy (non-hydrogen) atoms. The zero-order valence-electron chi connectivity index (χ0n) is 22.1. The van der Waals surface area contributed by atoms with Crippen molar-refractivity contribution in [2.75, 3.05) is 22.9 Å². The van der Waals surface area contributed by atoms with Gasteiger partial charge in [0.2, 0.25) is 0 Å². The Morgan fingerprint density at radius 3 is 1.77 bits per heavy atom. The number of anilines is 2. The summed E-state index contributed by atoms with van der Waals surface area (Å²) >= 11 is 12.2. The second-order valence-electron chi connectivity index (χ2n) is 11.2. The highest BCUT2D eigenvalue weighted by Gasteiger charge is 2.38. The molecule has 0 amide bonds. The molecule has 8 nitrogen and oxygen atoms in total. The fraction of sp³-hybridized carbons (Fsp3) is 0.357. The molecular formula is C28H29Cl2FN4O4Si. The van der Waals surface area contributed by atoms with Gasteiger partial charge in [0, 0.05) is 30.9 Å². The van der Waals surface area contributed by atoms with Gasteiger partial charge in [0.1, 0.15) is 15.9 Å². The zero-order valence-corrected chi connectivity index (χ0v) is 24.7. The summed E-state index contributed by atoms with van der Waals surface area (Å²) in [5, 5.41) is 23.3. The molecule has 0 aliphatic carbocycles. The summed E-state index contributed by atoms with van der Waals surface area (Å²) in [4.78, 5) is 26.3. The van der Waals surface area contributed by atoms with Crippen LogP contribution in [0, 0.1) is 26.0 Å². The van der Waals surface area contributed by atoms with Crippen LogP contribution in [0.15, 0.2) is 54.6 Å². The van der Waals surface area contributed by atoms with Gasteiger partial charge in [-0.05, 0) is 66.4 Å². The van der Waals surface area contributed by atoms with Gasteiger partial charge in [-0.15, -0.1) is 0 Å². The van der Waals surface area contributed by atoms with Crippen LogP contribution in [-0.2, 0) is 0 Å². The molecule has 3 aromatic rings. The highest BCUT2D eigenvalue weighted by Crippen LogP contribution is 2.49. The first-order valence-electron chi connectivity index (χ1n) is 13.2. The van der Waals surface area contributed by atoms with Gasteiger partial charge in [-0.1, -0.05) is 48.4 Å². The maximum atomic E-state index is 15.7. The molecule has 0 bridgehead atoms. The van der Waals surface area contributed by atoms with E-state index < -0.39 is 17.9 Å². The molecule has 0 radical (unpaired) electrons. The van der Waals surface area contributed by atoms with E-state index in [0.717, 1.165) is 25.2 Å². The van der Waals surface area contributed by atoms with Crippen LogP contribution in [0.3, 0.4) is 0 Å². The highest BCUT2D eigenvalue weighted by atomic mass is 35.5. The highest BCUT2D eigenvalue weighted by molar-refractivity contribution is 6.77. The van der Waals surface area contributed by atoms with Crippen molar-refractivity contribution in [1.29, 1.82) is 0 Å². The van der Waals surface area contributed by atoms with Gasteiger partial charge in [-0.3, -0.25) is 20.2 Å². The van der Waals surface area contributed by atoms with Gasteiger partial charge in [-0.2, -0.15) is 0 Å². The van der Waals surface area contributed by atoms with Crippen molar-refractivity contribution < 1.29 is 14.2 Å². The smallest absolute Gasteiger partial charge is 0.288 e. The van der Waals surface area contributed by atoms with Crippen molar-refractivity contribution in [2.45, 2.75) is 50.1 Å². The minimum absolute atomic E-state index is 0.0336. The average molecular weight is 604 g/mol. The van der Waals surface area contributed by atoms with Crippen LogP contribution in [0.2, 0.25) is 35.2 Å². The van der Waals surface area contributed by atoms with E-state index in [-0.39, 0.29) is 39.3 Å². The van der Waals surface area contributed by atoms with Gasteiger partial charge < -0.3 is 9.80 Å². The zero-order chi connectivity index (χ0) is 28.8. The Morgan fingerprint density at radius 1 is 0.825 bits per heavy atom. The van der Waals surface area contributed by atoms with Crippen molar-refractivity contribution in [3.63, 3.8) is 0 Å². The first-order valence-corrected chi connectivity index (χ1v) is 17.3. The van der Waals surface area contributed by atoms with Crippen LogP contribution in [0.4, 0.5) is 27.1 Å². The lowest BCUT2D eigenvalue weighted by Crippen LogP contribution is -2.43. The molecule has 12 heteroatoms. The lowest BCUT2D eigenvalue weighted by atomic mass is 10.0. The fourth-order valence-electron chi connectivity index (χ4n) is 5.85. The molecule has 0 unspecified atom stereocenters. The number of hydrogen-bond donors (Lipinski definition) is 0. The molecule has 0 N–H and O–H groups in total. The summed E-state index contributed by atoms with van der Waals surface area (Å²) in [6, 6.07) is 16.1. The van der Waals surface area contributed by atoms with E-state index in [1.807, 2.05) is 11.0 Å². The van der Waals surface area contributed by atoms with Crippen molar-refractivity contribution in [3.05, 3.63) is 102 Å². The second-order valence-corrected chi connectivity index (χ2v) is 17.4. The first kappa shape index (κ1) is 28.3. The normalized spacial score (nSPS) is 20.5. The van der Waals surface area contributed by atoms with Crippen LogP contribution in [-0.4, -0.2) is 31.0 Å². The van der Waals surface area contributed by atoms with Gasteiger partial charge in [-0.25, -0.2) is 4.39 Å². The predicted octanol–water partition coefficient (Wildman–Crippen LogP) is 8.56. The third-order valence-electron chi connectivity index (χ3n) is 8.18. The van der Waals surface area contributed by atoms with Gasteiger partial charge >= 0.3 is 0 Å². The van der Waals surface area contributed by atoms with E-state index in [1.54, 1.807) is 18.2 Å². The maximum Gasteiger partial charge on any atom is 0.288 e. The van der Waals surface area contributed by atoms with Crippen molar-refractivity contribution >= 4 is 54.0 Å². The summed E-state index contributed by atoms with van der Waals surface area (Å²) in [6.45, 7) is 6.37. The number of hydrogen-bond acceptors (Lipinski definition) is 6. The summed E-state index contributed by atoms with van der Waals surface area (Å²) < 4.78 is 15.7. The summed E-state index contributed by atoms with van der Waals surface area (Å²) in [5.41, 5.74) is 2.07. The molecule has 5 rings (SSSR count). The predicted molar refractivity (Wildman–Crippen MR) is 159 cm³/mol. The number of benzene rings is 3. The lowest BCUT2D eigenvalue weighted by Gasteiger charge is -2.38. The van der Waals surface area contributed by atoms with Crippen LogP contribution in [0.5, 0.6) is 0 Å². The molecule has 2 atom stereocenters. The number of rotatable bonds is 6. The Labute approximate surface area is 242 Å². The molecule has 0 aromatic heterocycles. The Morgan fingerprint density at radius 2 is 1.32 bits per heavy atom. The Kier molecular flexibility index (Phi) is 7.78. The molecule has 2 saturated heterocycles. The van der Waals surface area contributed by atoms with Crippen LogP contribution in [0.1, 0.15) is 36.1 Å². The molecule has 0 saturated carbocycles. The summed E-state index contributed by atoms with van der Waals surface area (Å²) in [7, 11) is -1.23. The fourth-order valence-corrected chi connectivity index (χ4v) is 8.22. The van der Waals surface area contributed by atoms with E-state index in [2.05, 4.69) is 18.0 Å². The minimum atomic E-state index is -1.23. The van der Waals surface area contributed by atoms with Crippen LogP contribution in [0.25, 0.3) is 0 Å². The maximum absolute atomic E-state index is 15.7. The Bertz CT molecular complexity index is 1410. The minimum Gasteiger partial charge on any atom is -0.370 e. The van der Waals surface area contributed by atoms with E-state index in [0.29, 0.717) is 35.3 Å². The second kappa shape index (κ2) is 11.0. The SMILES string of the molecule is C[Si]1(C)CCN(c2ccc(N3[C@H](c4ccc(Cl)c([N+](=O)[O-])c4)CC[C@H]3c3ccc(Cl)c([N+](=O)[O-])c3)cc2F)CC1. The molecule has 2 aliphatic heterocycles. The lowest BCUT2D eigenvalue weighted by molar-refractivity contribution is -0.384. The van der Waals surface area contributed by atoms with Crippen molar-refractivity contribution in [3.8, 4) is 0 Å². The third-order valence-corrected chi connectivity index (χ3v) is 12.0. The standard InChI is InChI=1S/C28H29Cl2FN4O4Si/c1-40(2)13-11-32(12-14-40)26-8-5-20(17-23(26)31)33-24(18-3-6-21(29)27(15-18)34(36)37)9-10-25(33)19-4-7-22(30)28(16-19)35(38)39/h3-8,15-17,24-25H,9-14H2,1-2H3/t24-,25-/m0/s1. The number of halogens is 3. The molecule has 3 aromatic carbocycles. The van der Waals surface area contributed by atoms with E-state index in [9.17, 15) is 20.2 Å². The average Bonchev–Trinajstić information content (AvgIpc) is 3.34. The molecule has 0 spiro atoms. The van der Waals surface area contributed by atoms with Crippen molar-refractivity contribution in [1.82, 2.24) is 0 Å². The third kappa shape index (κ3) is 5.52. The van der Waals surface area contributed by atoms with Crippen molar-refractivity contribution in [2.24, 2.45) is 0 Å². The molecule has 2 fully saturated rings. The van der Waals surface area contributed by atoms with E-state index >= 15 is 4.39 Å². The summed E-state index contributed by atoms with van der Waals surface area (Å²) in [6.07, 6.45) is 1.18. The van der Waals surface area contributed by atoms with E-state index in [1.165, 1.54) is 30.3 Å². The number of nitrogens with zero attached hydrogens (tertiary/aromatic N) is 4. The number of nitro benzene ring substituents is 2. The van der Waals surface area contributed by atoms with Crippen LogP contribution >= 0.6 is 23.2 Å². The van der Waals surface area contributed by atoms with Crippen LogP contribution < -0.4 is 9.80 Å². The van der Waals surface area contributed by atoms with E-state index in [4.69, 9.17) is 23.2 Å². The molecule has 2 heterocycles. The Balaban J connectivity index is 1.56. The summed E-state index contributed by atoms with van der Waals surface area (Å²) in [5.74, 6) is -0.340. The molecular weight excluding hydrogens is 574 g/mol. The van der Waals surface area contributed by atoms with Gasteiger partial charge in [0.25, 0.3) is 11.4 Å². The molecule has 210 valence electrons. The number of nitro groups is 2. The topological polar surface area (TPSA) is 92.8 Å². The Hall–Kier alpha value is -3.21. The molecule has 2 aliphatic rings. The quantitative estimate of drug-likeness (QED) is 0.159. The van der Waals surface area contributed by atoms with Gasteiger partial charge in [0.15, 0.2) is 0 Å².